The van der Waals surface area contributed by atoms with Gasteiger partial charge in [0.15, 0.2) is 5.65 Å². The van der Waals surface area contributed by atoms with Crippen LogP contribution in [0.5, 0.6) is 0 Å². The smallest absolute Gasteiger partial charge is 0.160 e. The molecule has 5 heteroatoms. The molecule has 2 heterocycles. The zero-order valence-electron chi connectivity index (χ0n) is 8.81. The van der Waals surface area contributed by atoms with Crippen LogP contribution in [0, 0.1) is 13.8 Å². The minimum Gasteiger partial charge on any atom is -0.394 e. The van der Waals surface area contributed by atoms with Crippen LogP contribution in [0.2, 0.25) is 0 Å². The van der Waals surface area contributed by atoms with Crippen molar-refractivity contribution < 1.29 is 5.11 Å². The van der Waals surface area contributed by atoms with Crippen molar-refractivity contribution in [3.8, 4) is 0 Å². The first kappa shape index (κ1) is 10.1. The predicted octanol–water partition coefficient (Wildman–Crippen LogP) is 0.338. The summed E-state index contributed by atoms with van der Waals surface area (Å²) in [5, 5.41) is 13.2. The lowest BCUT2D eigenvalue weighted by molar-refractivity contribution is 0.268. The van der Waals surface area contributed by atoms with Crippen LogP contribution in [0.1, 0.15) is 23.0 Å². The molecule has 1 atom stereocenters. The third-order valence-corrected chi connectivity index (χ3v) is 2.40. The molecule has 0 bridgehead atoms. The van der Waals surface area contributed by atoms with Gasteiger partial charge in [0.2, 0.25) is 0 Å². The zero-order valence-corrected chi connectivity index (χ0v) is 8.81. The number of hydrogen-bond acceptors (Lipinski definition) is 4. The van der Waals surface area contributed by atoms with Crippen molar-refractivity contribution in [3.63, 3.8) is 0 Å². The molecular formula is C10H14N4O. The maximum atomic E-state index is 9.01. The van der Waals surface area contributed by atoms with E-state index in [-0.39, 0.29) is 6.61 Å². The Morgan fingerprint density at radius 3 is 2.93 bits per heavy atom. The molecule has 3 N–H and O–H groups in total. The number of fused-ring (bicyclic) bond motifs is 1. The average Bonchev–Trinajstić information content (AvgIpc) is 2.60. The van der Waals surface area contributed by atoms with Gasteiger partial charge in [0.1, 0.15) is 0 Å². The van der Waals surface area contributed by atoms with Gasteiger partial charge in [-0.25, -0.2) is 9.50 Å². The topological polar surface area (TPSA) is 76.4 Å². The van der Waals surface area contributed by atoms with Crippen LogP contribution in [0.15, 0.2) is 12.3 Å². The summed E-state index contributed by atoms with van der Waals surface area (Å²) >= 11 is 0. The summed E-state index contributed by atoms with van der Waals surface area (Å²) < 4.78 is 1.73. The quantitative estimate of drug-likeness (QED) is 0.742. The molecule has 0 spiro atoms. The van der Waals surface area contributed by atoms with Crippen molar-refractivity contribution in [2.45, 2.75) is 19.9 Å². The van der Waals surface area contributed by atoms with Crippen LogP contribution in [-0.4, -0.2) is 26.3 Å². The van der Waals surface area contributed by atoms with Crippen LogP contribution in [-0.2, 0) is 0 Å². The lowest BCUT2D eigenvalue weighted by Crippen LogP contribution is -2.14. The Kier molecular flexibility index (Phi) is 2.42. The lowest BCUT2D eigenvalue weighted by atomic mass is 10.2. The molecule has 2 aromatic rings. The fourth-order valence-electron chi connectivity index (χ4n) is 1.65. The molecule has 0 aliphatic carbocycles. The third kappa shape index (κ3) is 1.60. The largest absolute Gasteiger partial charge is 0.394 e. The number of aliphatic hydroxyl groups excluding tert-OH is 1. The standard InChI is InChI=1S/C10H14N4O/c1-6-3-7(2)14-10(13-6)8(4-12-14)9(11)5-15/h3-4,9,15H,5,11H2,1-2H3. The maximum absolute atomic E-state index is 9.01. The number of rotatable bonds is 2. The second kappa shape index (κ2) is 3.60. The Labute approximate surface area is 87.6 Å². The van der Waals surface area contributed by atoms with Gasteiger partial charge < -0.3 is 10.8 Å². The normalized spacial score (nSPS) is 13.3. The van der Waals surface area contributed by atoms with E-state index in [1.807, 2.05) is 19.9 Å². The highest BCUT2D eigenvalue weighted by Gasteiger charge is 2.13. The van der Waals surface area contributed by atoms with E-state index in [1.54, 1.807) is 10.7 Å². The molecule has 0 aromatic carbocycles. The van der Waals surface area contributed by atoms with E-state index in [1.165, 1.54) is 0 Å². The number of aryl methyl sites for hydroxylation is 2. The molecule has 0 amide bonds. The minimum absolute atomic E-state index is 0.101. The molecular weight excluding hydrogens is 192 g/mol. The SMILES string of the molecule is Cc1cc(C)n2ncc(C(N)CO)c2n1. The Morgan fingerprint density at radius 1 is 1.53 bits per heavy atom. The molecule has 0 fully saturated rings. The Balaban J connectivity index is 2.68. The Hall–Kier alpha value is -1.46. The van der Waals surface area contributed by atoms with Gasteiger partial charge in [-0.2, -0.15) is 5.10 Å². The number of aromatic nitrogens is 3. The highest BCUT2D eigenvalue weighted by Crippen LogP contribution is 2.16. The molecule has 5 nitrogen and oxygen atoms in total. The number of hydrogen-bond donors (Lipinski definition) is 2. The molecule has 80 valence electrons. The van der Waals surface area contributed by atoms with Crippen molar-refractivity contribution in [2.24, 2.45) is 5.73 Å². The summed E-state index contributed by atoms with van der Waals surface area (Å²) in [6, 6.07) is 1.53. The van der Waals surface area contributed by atoms with E-state index in [0.29, 0.717) is 0 Å². The van der Waals surface area contributed by atoms with Gasteiger partial charge in [-0.3, -0.25) is 0 Å². The fourth-order valence-corrected chi connectivity index (χ4v) is 1.65. The minimum atomic E-state index is -0.420. The van der Waals surface area contributed by atoms with Crippen LogP contribution in [0.3, 0.4) is 0 Å². The second-order valence-corrected chi connectivity index (χ2v) is 3.66. The molecule has 2 aromatic heterocycles. The number of aliphatic hydroxyl groups is 1. The summed E-state index contributed by atoms with van der Waals surface area (Å²) in [4.78, 5) is 4.37. The van der Waals surface area contributed by atoms with E-state index < -0.39 is 6.04 Å². The van der Waals surface area contributed by atoms with E-state index in [0.717, 1.165) is 22.6 Å². The highest BCUT2D eigenvalue weighted by molar-refractivity contribution is 5.49. The third-order valence-electron chi connectivity index (χ3n) is 2.40. The molecule has 2 rings (SSSR count). The Morgan fingerprint density at radius 2 is 2.27 bits per heavy atom. The first-order chi connectivity index (χ1) is 7.13. The van der Waals surface area contributed by atoms with Gasteiger partial charge in [-0.05, 0) is 19.9 Å². The van der Waals surface area contributed by atoms with Crippen molar-refractivity contribution in [3.05, 3.63) is 29.2 Å². The van der Waals surface area contributed by atoms with Gasteiger partial charge in [0, 0.05) is 17.0 Å². The van der Waals surface area contributed by atoms with Gasteiger partial charge in [-0.1, -0.05) is 0 Å². The van der Waals surface area contributed by atoms with E-state index in [4.69, 9.17) is 10.8 Å². The van der Waals surface area contributed by atoms with E-state index in [9.17, 15) is 0 Å². The molecule has 0 saturated heterocycles. The summed E-state index contributed by atoms with van der Waals surface area (Å²) in [6.07, 6.45) is 1.66. The number of nitrogens with zero attached hydrogens (tertiary/aromatic N) is 3. The van der Waals surface area contributed by atoms with Crippen LogP contribution < -0.4 is 5.73 Å². The number of nitrogens with two attached hydrogens (primary N) is 1. The van der Waals surface area contributed by atoms with Crippen LogP contribution in [0.4, 0.5) is 0 Å². The van der Waals surface area contributed by atoms with Crippen molar-refractivity contribution in [2.75, 3.05) is 6.61 Å². The first-order valence-electron chi connectivity index (χ1n) is 4.82. The second-order valence-electron chi connectivity index (χ2n) is 3.66. The molecule has 0 aliphatic rings. The van der Waals surface area contributed by atoms with Gasteiger partial charge in [0.25, 0.3) is 0 Å². The fraction of sp³-hybridized carbons (Fsp3) is 0.400. The van der Waals surface area contributed by atoms with Crippen molar-refractivity contribution in [1.82, 2.24) is 14.6 Å². The predicted molar refractivity (Wildman–Crippen MR) is 56.5 cm³/mol. The van der Waals surface area contributed by atoms with Crippen LogP contribution >= 0.6 is 0 Å². The van der Waals surface area contributed by atoms with Crippen LogP contribution in [0.25, 0.3) is 5.65 Å². The summed E-state index contributed by atoms with van der Waals surface area (Å²) in [6.45, 7) is 3.78. The van der Waals surface area contributed by atoms with Gasteiger partial charge in [0.05, 0.1) is 18.8 Å². The zero-order chi connectivity index (χ0) is 11.0. The molecule has 15 heavy (non-hydrogen) atoms. The maximum Gasteiger partial charge on any atom is 0.160 e. The lowest BCUT2D eigenvalue weighted by Gasteiger charge is -2.06. The molecule has 1 unspecified atom stereocenters. The molecule has 0 saturated carbocycles. The molecule has 0 aliphatic heterocycles. The van der Waals surface area contributed by atoms with Crippen molar-refractivity contribution in [1.29, 1.82) is 0 Å². The summed E-state index contributed by atoms with van der Waals surface area (Å²) in [5.74, 6) is 0. The molecule has 0 radical (unpaired) electrons. The van der Waals surface area contributed by atoms with Gasteiger partial charge in [-0.15, -0.1) is 0 Å². The Bertz CT molecular complexity index is 491. The average molecular weight is 206 g/mol. The monoisotopic (exact) mass is 206 g/mol. The summed E-state index contributed by atoms with van der Waals surface area (Å²) in [5.41, 5.74) is 9.21. The van der Waals surface area contributed by atoms with Gasteiger partial charge >= 0.3 is 0 Å². The summed E-state index contributed by atoms with van der Waals surface area (Å²) in [7, 11) is 0. The van der Waals surface area contributed by atoms with E-state index in [2.05, 4.69) is 10.1 Å². The van der Waals surface area contributed by atoms with Crippen molar-refractivity contribution >= 4 is 5.65 Å². The first-order valence-corrected chi connectivity index (χ1v) is 4.82. The van der Waals surface area contributed by atoms with E-state index >= 15 is 0 Å². The highest BCUT2D eigenvalue weighted by atomic mass is 16.3.